The normalized spacial score (nSPS) is 15.1. The fourth-order valence-corrected chi connectivity index (χ4v) is 5.34. The highest BCUT2D eigenvalue weighted by Gasteiger charge is 2.29. The number of aromatic nitrogens is 1. The Balaban J connectivity index is 1.42. The van der Waals surface area contributed by atoms with Gasteiger partial charge in [0.05, 0.1) is 7.11 Å². The number of benzene rings is 3. The third-order valence-corrected chi connectivity index (χ3v) is 7.30. The highest BCUT2D eigenvalue weighted by molar-refractivity contribution is 5.87. The van der Waals surface area contributed by atoms with E-state index in [2.05, 4.69) is 58.5 Å². The maximum absolute atomic E-state index is 11.5. The maximum Gasteiger partial charge on any atom is 0.330 e. The summed E-state index contributed by atoms with van der Waals surface area (Å²) >= 11 is 0. The number of aromatic hydroxyl groups is 1. The molecule has 0 fully saturated rings. The van der Waals surface area contributed by atoms with Crippen molar-refractivity contribution < 1.29 is 14.6 Å². The summed E-state index contributed by atoms with van der Waals surface area (Å²) in [6, 6.07) is 21.1. The average molecular weight is 481 g/mol. The molecular weight excluding hydrogens is 448 g/mol. The van der Waals surface area contributed by atoms with Gasteiger partial charge >= 0.3 is 5.97 Å². The molecule has 3 aromatic carbocycles. The van der Waals surface area contributed by atoms with Crippen LogP contribution >= 0.6 is 0 Å². The van der Waals surface area contributed by atoms with E-state index in [0.717, 1.165) is 48.0 Å². The molecule has 1 aliphatic rings. The number of esters is 1. The standard InChI is InChI=1S/C31H32N2O3/c1-21-6-5-7-25(31(21)35)20-33(17-16-24-19-32-28-9-4-3-8-26(24)28)29-14-12-23-18-22(10-13-27(23)29)11-15-30(34)36-2/h3-11,13,15,18-19,29,32,35H,12,14,16-17,20H2,1-2H3/b15-11+. The summed E-state index contributed by atoms with van der Waals surface area (Å²) in [7, 11) is 1.39. The van der Waals surface area contributed by atoms with E-state index in [-0.39, 0.29) is 12.0 Å². The van der Waals surface area contributed by atoms with Crippen molar-refractivity contribution in [3.05, 3.63) is 106 Å². The smallest absolute Gasteiger partial charge is 0.330 e. The number of phenolic OH excluding ortho intramolecular Hbond substituents is 1. The van der Waals surface area contributed by atoms with Crippen LogP contribution < -0.4 is 0 Å². The van der Waals surface area contributed by atoms with E-state index in [1.165, 1.54) is 35.3 Å². The zero-order chi connectivity index (χ0) is 25.1. The lowest BCUT2D eigenvalue weighted by molar-refractivity contribution is -0.134. The van der Waals surface area contributed by atoms with E-state index >= 15 is 0 Å². The highest BCUT2D eigenvalue weighted by Crippen LogP contribution is 2.38. The zero-order valence-corrected chi connectivity index (χ0v) is 20.8. The Kier molecular flexibility index (Phi) is 6.92. The second-order valence-electron chi connectivity index (χ2n) is 9.53. The number of rotatable bonds is 8. The molecule has 184 valence electrons. The lowest BCUT2D eigenvalue weighted by Crippen LogP contribution is -2.29. The van der Waals surface area contributed by atoms with Crippen LogP contribution in [-0.4, -0.2) is 34.6 Å². The molecule has 0 bridgehead atoms. The fraction of sp³-hybridized carbons (Fsp3) is 0.258. The van der Waals surface area contributed by atoms with Gasteiger partial charge in [-0.25, -0.2) is 4.79 Å². The largest absolute Gasteiger partial charge is 0.507 e. The minimum Gasteiger partial charge on any atom is -0.507 e. The van der Waals surface area contributed by atoms with Gasteiger partial charge in [-0.1, -0.05) is 54.6 Å². The van der Waals surface area contributed by atoms with Crippen molar-refractivity contribution in [2.45, 2.75) is 38.8 Å². The number of ether oxygens (including phenoxy) is 1. The first-order valence-corrected chi connectivity index (χ1v) is 12.5. The Morgan fingerprint density at radius 2 is 2.00 bits per heavy atom. The van der Waals surface area contributed by atoms with Crippen molar-refractivity contribution in [3.8, 4) is 5.75 Å². The molecule has 0 spiro atoms. The molecule has 1 aromatic heterocycles. The van der Waals surface area contributed by atoms with Crippen LogP contribution in [0.2, 0.25) is 0 Å². The molecule has 0 radical (unpaired) electrons. The number of carbonyl (C=O) groups is 1. The molecule has 1 atom stereocenters. The van der Waals surface area contributed by atoms with Crippen molar-refractivity contribution in [1.82, 2.24) is 9.88 Å². The van der Waals surface area contributed by atoms with Gasteiger partial charge in [-0.05, 0) is 66.1 Å². The van der Waals surface area contributed by atoms with Gasteiger partial charge in [-0.3, -0.25) is 4.90 Å². The number of carbonyl (C=O) groups excluding carboxylic acids is 1. The number of para-hydroxylation sites is 2. The minimum atomic E-state index is -0.352. The van der Waals surface area contributed by atoms with Crippen LogP contribution in [0.25, 0.3) is 17.0 Å². The Morgan fingerprint density at radius 1 is 1.14 bits per heavy atom. The summed E-state index contributed by atoms with van der Waals surface area (Å²) in [6.07, 6.45) is 8.32. The topological polar surface area (TPSA) is 65.6 Å². The maximum atomic E-state index is 11.5. The first-order valence-electron chi connectivity index (χ1n) is 12.5. The molecule has 2 N–H and O–H groups in total. The van der Waals surface area contributed by atoms with Gasteiger partial charge in [0.2, 0.25) is 0 Å². The first-order chi connectivity index (χ1) is 17.5. The molecule has 1 aliphatic carbocycles. The molecule has 1 unspecified atom stereocenters. The molecule has 5 rings (SSSR count). The summed E-state index contributed by atoms with van der Waals surface area (Å²) in [5.41, 5.74) is 7.98. The van der Waals surface area contributed by atoms with Crippen LogP contribution in [0.5, 0.6) is 5.75 Å². The zero-order valence-electron chi connectivity index (χ0n) is 20.8. The van der Waals surface area contributed by atoms with Crippen molar-refractivity contribution in [2.24, 2.45) is 0 Å². The quantitative estimate of drug-likeness (QED) is 0.236. The van der Waals surface area contributed by atoms with Crippen molar-refractivity contribution in [2.75, 3.05) is 13.7 Å². The van der Waals surface area contributed by atoms with Crippen LogP contribution in [-0.2, 0) is 28.9 Å². The number of fused-ring (bicyclic) bond motifs is 2. The van der Waals surface area contributed by atoms with Crippen LogP contribution in [0.3, 0.4) is 0 Å². The third kappa shape index (κ3) is 4.93. The molecule has 0 saturated carbocycles. The van der Waals surface area contributed by atoms with Crippen LogP contribution in [0.15, 0.2) is 72.9 Å². The van der Waals surface area contributed by atoms with Crippen LogP contribution in [0.4, 0.5) is 0 Å². The second-order valence-corrected chi connectivity index (χ2v) is 9.53. The third-order valence-electron chi connectivity index (χ3n) is 7.30. The lowest BCUT2D eigenvalue weighted by atomic mass is 10.0. The second kappa shape index (κ2) is 10.4. The molecule has 0 saturated heterocycles. The molecule has 0 amide bonds. The lowest BCUT2D eigenvalue weighted by Gasteiger charge is -2.30. The monoisotopic (exact) mass is 480 g/mol. The summed E-state index contributed by atoms with van der Waals surface area (Å²) in [5, 5.41) is 12.0. The molecule has 4 aromatic rings. The SMILES string of the molecule is COC(=O)/C=C/c1ccc2c(c1)CCC2N(CCc1c[nH]c2ccccc12)Cc1cccc(C)c1O. The number of nitrogens with one attached hydrogen (secondary N) is 1. The van der Waals surface area contributed by atoms with Crippen LogP contribution in [0.1, 0.15) is 45.8 Å². The number of aryl methyl sites for hydroxylation is 2. The number of H-pyrrole nitrogens is 1. The number of methoxy groups -OCH3 is 1. The molecule has 5 heteroatoms. The average Bonchev–Trinajstić information content (AvgIpc) is 3.51. The molecule has 5 nitrogen and oxygen atoms in total. The number of hydrogen-bond donors (Lipinski definition) is 2. The van der Waals surface area contributed by atoms with E-state index in [1.807, 2.05) is 25.1 Å². The van der Waals surface area contributed by atoms with Crippen molar-refractivity contribution in [1.29, 1.82) is 0 Å². The Bertz CT molecular complexity index is 1420. The number of hydrogen-bond acceptors (Lipinski definition) is 4. The van der Waals surface area contributed by atoms with Crippen molar-refractivity contribution in [3.63, 3.8) is 0 Å². The Morgan fingerprint density at radius 3 is 2.86 bits per heavy atom. The molecule has 1 heterocycles. The van der Waals surface area contributed by atoms with E-state index in [4.69, 9.17) is 4.74 Å². The first kappa shape index (κ1) is 23.9. The van der Waals surface area contributed by atoms with E-state index in [0.29, 0.717) is 12.3 Å². The summed E-state index contributed by atoms with van der Waals surface area (Å²) in [4.78, 5) is 17.4. The fourth-order valence-electron chi connectivity index (χ4n) is 5.34. The summed E-state index contributed by atoms with van der Waals surface area (Å²) < 4.78 is 4.72. The van der Waals surface area contributed by atoms with Gasteiger partial charge in [0.25, 0.3) is 0 Å². The number of phenols is 1. The summed E-state index contributed by atoms with van der Waals surface area (Å²) in [5.74, 6) is 0.0332. The van der Waals surface area contributed by atoms with Gasteiger partial charge in [-0.15, -0.1) is 0 Å². The number of aromatic amines is 1. The summed E-state index contributed by atoms with van der Waals surface area (Å²) in [6.45, 7) is 3.51. The Hall–Kier alpha value is -3.83. The number of nitrogens with zero attached hydrogens (tertiary/aromatic N) is 1. The van der Waals surface area contributed by atoms with Gasteiger partial charge in [0.1, 0.15) is 5.75 Å². The van der Waals surface area contributed by atoms with Crippen LogP contribution in [0, 0.1) is 6.92 Å². The van der Waals surface area contributed by atoms with Gasteiger partial charge in [0.15, 0.2) is 0 Å². The van der Waals surface area contributed by atoms with Gasteiger partial charge < -0.3 is 14.8 Å². The molecular formula is C31H32N2O3. The minimum absolute atomic E-state index is 0.267. The van der Waals surface area contributed by atoms with Crippen molar-refractivity contribution >= 4 is 22.9 Å². The Labute approximate surface area is 212 Å². The molecule has 0 aliphatic heterocycles. The molecule has 36 heavy (non-hydrogen) atoms. The van der Waals surface area contributed by atoms with E-state index in [1.54, 1.807) is 6.08 Å². The van der Waals surface area contributed by atoms with Gasteiger partial charge in [0, 0.05) is 47.9 Å². The van der Waals surface area contributed by atoms with E-state index < -0.39 is 0 Å². The van der Waals surface area contributed by atoms with Gasteiger partial charge in [-0.2, -0.15) is 0 Å². The predicted molar refractivity (Wildman–Crippen MR) is 144 cm³/mol. The highest BCUT2D eigenvalue weighted by atomic mass is 16.5. The predicted octanol–water partition coefficient (Wildman–Crippen LogP) is 6.10. The van der Waals surface area contributed by atoms with E-state index in [9.17, 15) is 9.90 Å².